The van der Waals surface area contributed by atoms with Crippen LogP contribution in [0.2, 0.25) is 0 Å². The molecule has 0 aliphatic heterocycles. The van der Waals surface area contributed by atoms with Crippen LogP contribution in [-0.2, 0) is 4.79 Å². The maximum Gasteiger partial charge on any atom is 0.260 e. The second kappa shape index (κ2) is 10.0. The van der Waals surface area contributed by atoms with Crippen molar-refractivity contribution in [2.45, 2.75) is 26.7 Å². The maximum atomic E-state index is 11.8. The van der Waals surface area contributed by atoms with Crippen LogP contribution in [-0.4, -0.2) is 43.6 Å². The van der Waals surface area contributed by atoms with Crippen LogP contribution < -0.4 is 15.8 Å². The number of ether oxygens (including phenoxy) is 1. The van der Waals surface area contributed by atoms with E-state index in [1.54, 1.807) is 4.90 Å². The Balaban J connectivity index is 2.35. The van der Waals surface area contributed by atoms with Crippen LogP contribution in [0, 0.1) is 0 Å². The molecule has 0 aliphatic carbocycles. The summed E-state index contributed by atoms with van der Waals surface area (Å²) >= 11 is 0. The van der Waals surface area contributed by atoms with Crippen molar-refractivity contribution in [3.05, 3.63) is 24.3 Å². The SMILES string of the molecule is CCN(CC)C(=O)COc1ccc(NCCCCN)cc1. The molecule has 0 aromatic heterocycles. The van der Waals surface area contributed by atoms with Gasteiger partial charge in [0.05, 0.1) is 0 Å². The zero-order valence-corrected chi connectivity index (χ0v) is 13.1. The molecule has 0 saturated heterocycles. The third-order valence-corrected chi connectivity index (χ3v) is 3.29. The van der Waals surface area contributed by atoms with E-state index in [0.717, 1.165) is 31.6 Å². The zero-order chi connectivity index (χ0) is 15.5. The van der Waals surface area contributed by atoms with E-state index in [4.69, 9.17) is 10.5 Å². The molecule has 21 heavy (non-hydrogen) atoms. The lowest BCUT2D eigenvalue weighted by molar-refractivity contribution is -0.132. The number of likely N-dealkylation sites (N-methyl/N-ethyl adjacent to an activating group) is 1. The highest BCUT2D eigenvalue weighted by atomic mass is 16.5. The first-order valence-corrected chi connectivity index (χ1v) is 7.65. The van der Waals surface area contributed by atoms with Crippen molar-refractivity contribution < 1.29 is 9.53 Å². The molecule has 5 nitrogen and oxygen atoms in total. The summed E-state index contributed by atoms with van der Waals surface area (Å²) in [5.74, 6) is 0.729. The molecule has 1 amide bonds. The van der Waals surface area contributed by atoms with Crippen molar-refractivity contribution in [3.63, 3.8) is 0 Å². The van der Waals surface area contributed by atoms with Gasteiger partial charge in [0, 0.05) is 25.3 Å². The van der Waals surface area contributed by atoms with Gasteiger partial charge in [-0.25, -0.2) is 0 Å². The Morgan fingerprint density at radius 3 is 2.43 bits per heavy atom. The van der Waals surface area contributed by atoms with Crippen LogP contribution in [0.1, 0.15) is 26.7 Å². The first kappa shape index (κ1) is 17.3. The minimum Gasteiger partial charge on any atom is -0.484 e. The quantitative estimate of drug-likeness (QED) is 0.648. The molecule has 0 bridgehead atoms. The van der Waals surface area contributed by atoms with Crippen molar-refractivity contribution in [1.82, 2.24) is 4.90 Å². The lowest BCUT2D eigenvalue weighted by Gasteiger charge is -2.18. The van der Waals surface area contributed by atoms with Gasteiger partial charge in [0.25, 0.3) is 5.91 Å². The van der Waals surface area contributed by atoms with E-state index in [-0.39, 0.29) is 12.5 Å². The van der Waals surface area contributed by atoms with Gasteiger partial charge in [-0.2, -0.15) is 0 Å². The standard InChI is InChI=1S/C16H27N3O2/c1-3-19(4-2)16(20)13-21-15-9-7-14(8-10-15)18-12-6-5-11-17/h7-10,18H,3-6,11-13,17H2,1-2H3. The smallest absolute Gasteiger partial charge is 0.260 e. The molecule has 118 valence electrons. The van der Waals surface area contributed by atoms with Gasteiger partial charge in [-0.1, -0.05) is 0 Å². The average molecular weight is 293 g/mol. The van der Waals surface area contributed by atoms with Crippen LogP contribution in [0.15, 0.2) is 24.3 Å². The number of carbonyl (C=O) groups is 1. The predicted octanol–water partition coefficient (Wildman–Crippen LogP) is 2.08. The topological polar surface area (TPSA) is 67.6 Å². The van der Waals surface area contributed by atoms with Crippen molar-refractivity contribution in [2.24, 2.45) is 5.73 Å². The summed E-state index contributed by atoms with van der Waals surface area (Å²) in [4.78, 5) is 13.6. The van der Waals surface area contributed by atoms with E-state index in [1.807, 2.05) is 38.1 Å². The van der Waals surface area contributed by atoms with Crippen LogP contribution in [0.5, 0.6) is 5.75 Å². The molecule has 0 radical (unpaired) electrons. The van der Waals surface area contributed by atoms with Crippen LogP contribution in [0.25, 0.3) is 0 Å². The minimum atomic E-state index is 0.0176. The van der Waals surface area contributed by atoms with Crippen LogP contribution >= 0.6 is 0 Å². The second-order valence-electron chi connectivity index (χ2n) is 4.80. The van der Waals surface area contributed by atoms with E-state index >= 15 is 0 Å². The Labute approximate surface area is 127 Å². The molecule has 0 spiro atoms. The van der Waals surface area contributed by atoms with Crippen molar-refractivity contribution >= 4 is 11.6 Å². The fourth-order valence-corrected chi connectivity index (χ4v) is 1.98. The van der Waals surface area contributed by atoms with Crippen molar-refractivity contribution in [1.29, 1.82) is 0 Å². The van der Waals surface area contributed by atoms with Gasteiger partial charge in [-0.3, -0.25) is 4.79 Å². The number of unbranched alkanes of at least 4 members (excludes halogenated alkanes) is 1. The minimum absolute atomic E-state index is 0.0176. The molecule has 0 heterocycles. The summed E-state index contributed by atoms with van der Waals surface area (Å²) in [6.45, 7) is 7.09. The fraction of sp³-hybridized carbons (Fsp3) is 0.562. The van der Waals surface area contributed by atoms with Gasteiger partial charge in [-0.05, 0) is 57.5 Å². The summed E-state index contributed by atoms with van der Waals surface area (Å²) in [7, 11) is 0. The number of nitrogens with two attached hydrogens (primary N) is 1. The summed E-state index contributed by atoms with van der Waals surface area (Å²) in [5, 5.41) is 3.32. The number of nitrogens with zero attached hydrogens (tertiary/aromatic N) is 1. The molecule has 0 unspecified atom stereocenters. The molecule has 1 rings (SSSR count). The first-order valence-electron chi connectivity index (χ1n) is 7.65. The molecule has 1 aromatic carbocycles. The highest BCUT2D eigenvalue weighted by Crippen LogP contribution is 2.15. The van der Waals surface area contributed by atoms with Gasteiger partial charge in [0.2, 0.25) is 0 Å². The number of hydrogen-bond acceptors (Lipinski definition) is 4. The Kier molecular flexibility index (Phi) is 8.28. The van der Waals surface area contributed by atoms with Crippen molar-refractivity contribution in [2.75, 3.05) is 38.1 Å². The number of amides is 1. The van der Waals surface area contributed by atoms with E-state index in [0.29, 0.717) is 18.8 Å². The molecule has 5 heteroatoms. The van der Waals surface area contributed by atoms with Gasteiger partial charge >= 0.3 is 0 Å². The largest absolute Gasteiger partial charge is 0.484 e. The molecule has 1 aromatic rings. The lowest BCUT2D eigenvalue weighted by atomic mass is 10.2. The number of carbonyl (C=O) groups excluding carboxylic acids is 1. The van der Waals surface area contributed by atoms with Crippen LogP contribution in [0.4, 0.5) is 5.69 Å². The predicted molar refractivity (Wildman–Crippen MR) is 86.6 cm³/mol. The summed E-state index contributed by atoms with van der Waals surface area (Å²) in [6, 6.07) is 7.67. The monoisotopic (exact) mass is 293 g/mol. The summed E-state index contributed by atoms with van der Waals surface area (Å²) < 4.78 is 5.51. The molecular formula is C16H27N3O2. The Morgan fingerprint density at radius 2 is 1.86 bits per heavy atom. The number of nitrogens with one attached hydrogen (secondary N) is 1. The fourth-order valence-electron chi connectivity index (χ4n) is 1.98. The van der Waals surface area contributed by atoms with Gasteiger partial charge in [-0.15, -0.1) is 0 Å². The molecular weight excluding hydrogens is 266 g/mol. The third kappa shape index (κ3) is 6.49. The number of rotatable bonds is 10. The Morgan fingerprint density at radius 1 is 1.19 bits per heavy atom. The van der Waals surface area contributed by atoms with E-state index in [1.165, 1.54) is 0 Å². The maximum absolute atomic E-state index is 11.8. The number of anilines is 1. The van der Waals surface area contributed by atoms with Gasteiger partial charge < -0.3 is 20.7 Å². The van der Waals surface area contributed by atoms with E-state index in [9.17, 15) is 4.79 Å². The molecule has 0 fully saturated rings. The second-order valence-corrected chi connectivity index (χ2v) is 4.80. The van der Waals surface area contributed by atoms with Crippen LogP contribution in [0.3, 0.4) is 0 Å². The van der Waals surface area contributed by atoms with Crippen molar-refractivity contribution in [3.8, 4) is 5.75 Å². The third-order valence-electron chi connectivity index (χ3n) is 3.29. The molecule has 0 aliphatic rings. The highest BCUT2D eigenvalue weighted by Gasteiger charge is 2.09. The summed E-state index contributed by atoms with van der Waals surface area (Å²) in [5.41, 5.74) is 6.50. The number of hydrogen-bond donors (Lipinski definition) is 2. The molecule has 0 saturated carbocycles. The molecule has 3 N–H and O–H groups in total. The lowest BCUT2D eigenvalue weighted by Crippen LogP contribution is -2.34. The Hall–Kier alpha value is -1.75. The van der Waals surface area contributed by atoms with E-state index < -0.39 is 0 Å². The van der Waals surface area contributed by atoms with E-state index in [2.05, 4.69) is 5.32 Å². The number of benzene rings is 1. The highest BCUT2D eigenvalue weighted by molar-refractivity contribution is 5.77. The zero-order valence-electron chi connectivity index (χ0n) is 13.1. The molecule has 0 atom stereocenters. The normalized spacial score (nSPS) is 10.2. The van der Waals surface area contributed by atoms with Gasteiger partial charge in [0.1, 0.15) is 5.75 Å². The first-order chi connectivity index (χ1) is 10.2. The van der Waals surface area contributed by atoms with Gasteiger partial charge in [0.15, 0.2) is 6.61 Å². The Bertz CT molecular complexity index is 402. The average Bonchev–Trinajstić information content (AvgIpc) is 2.52. The summed E-state index contributed by atoms with van der Waals surface area (Å²) in [6.07, 6.45) is 2.09.